The fourth-order valence-electron chi connectivity index (χ4n) is 3.84. The van der Waals surface area contributed by atoms with Crippen LogP contribution in [0, 0.1) is 13.8 Å². The number of carbonyl (C=O) groups excluding carboxylic acids is 2. The fourth-order valence-corrected chi connectivity index (χ4v) is 3.84. The predicted octanol–water partition coefficient (Wildman–Crippen LogP) is 3.53. The molecule has 1 aliphatic rings. The number of fused-ring (bicyclic) bond motifs is 1. The predicted molar refractivity (Wildman–Crippen MR) is 110 cm³/mol. The van der Waals surface area contributed by atoms with Gasteiger partial charge in [0.05, 0.1) is 5.52 Å². The van der Waals surface area contributed by atoms with Crippen molar-refractivity contribution in [2.75, 3.05) is 6.54 Å². The van der Waals surface area contributed by atoms with Crippen LogP contribution in [0.1, 0.15) is 34.3 Å². The lowest BCUT2D eigenvalue weighted by atomic mass is 9.96. The molecule has 4 rings (SSSR count). The van der Waals surface area contributed by atoms with Gasteiger partial charge in [-0.1, -0.05) is 23.8 Å². The summed E-state index contributed by atoms with van der Waals surface area (Å²) in [6.45, 7) is 4.81. The van der Waals surface area contributed by atoms with Gasteiger partial charge in [0.25, 0.3) is 5.91 Å². The lowest BCUT2D eigenvalue weighted by molar-refractivity contribution is -0.124. The molecule has 5 nitrogen and oxygen atoms in total. The largest absolute Gasteiger partial charge is 0.354 e. The van der Waals surface area contributed by atoms with E-state index >= 15 is 0 Å². The molecule has 1 fully saturated rings. The number of aromatic nitrogens is 1. The molecule has 2 N–H and O–H groups in total. The molecule has 0 saturated carbocycles. The van der Waals surface area contributed by atoms with Crippen molar-refractivity contribution in [1.82, 2.24) is 15.6 Å². The molecule has 1 unspecified atom stereocenters. The Hall–Kier alpha value is -3.21. The topological polar surface area (TPSA) is 71.1 Å². The summed E-state index contributed by atoms with van der Waals surface area (Å²) in [6.07, 6.45) is 3.35. The Kier molecular flexibility index (Phi) is 4.82. The highest BCUT2D eigenvalue weighted by Gasteiger charge is 2.24. The summed E-state index contributed by atoms with van der Waals surface area (Å²) in [5.41, 5.74) is 5.83. The third-order valence-electron chi connectivity index (χ3n) is 5.21. The Morgan fingerprint density at radius 3 is 2.86 bits per heavy atom. The summed E-state index contributed by atoms with van der Waals surface area (Å²) in [5, 5.41) is 6.73. The summed E-state index contributed by atoms with van der Waals surface area (Å²) in [7, 11) is 0. The molecule has 0 bridgehead atoms. The number of hydrogen-bond acceptors (Lipinski definition) is 3. The summed E-state index contributed by atoms with van der Waals surface area (Å²) in [6, 6.07) is 13.3. The molecule has 5 heteroatoms. The first-order valence-corrected chi connectivity index (χ1v) is 9.58. The van der Waals surface area contributed by atoms with Crippen LogP contribution in [-0.4, -0.2) is 29.4 Å². The zero-order valence-electron chi connectivity index (χ0n) is 16.1. The molecule has 1 aromatic heterocycles. The fraction of sp³-hybridized carbons (Fsp3) is 0.261. The molecule has 0 aliphatic carbocycles. The molecule has 2 heterocycles. The van der Waals surface area contributed by atoms with Gasteiger partial charge in [0.1, 0.15) is 6.04 Å². The molecule has 0 radical (unpaired) electrons. The number of nitrogens with one attached hydrogen (secondary N) is 2. The minimum atomic E-state index is -0.461. The summed E-state index contributed by atoms with van der Waals surface area (Å²) in [4.78, 5) is 29.2. The van der Waals surface area contributed by atoms with Gasteiger partial charge in [-0.15, -0.1) is 0 Å². The Bertz CT molecular complexity index is 1070. The normalized spacial score (nSPS) is 16.6. The van der Waals surface area contributed by atoms with Gasteiger partial charge < -0.3 is 10.6 Å². The number of nitrogens with zero attached hydrogens (tertiary/aromatic N) is 1. The van der Waals surface area contributed by atoms with Crippen molar-refractivity contribution < 1.29 is 9.59 Å². The van der Waals surface area contributed by atoms with E-state index in [9.17, 15) is 9.59 Å². The maximum Gasteiger partial charge on any atom is 0.251 e. The van der Waals surface area contributed by atoms with Gasteiger partial charge >= 0.3 is 0 Å². The number of carbonyl (C=O) groups is 2. The second-order valence-corrected chi connectivity index (χ2v) is 7.38. The lowest BCUT2D eigenvalue weighted by Gasteiger charge is -2.22. The lowest BCUT2D eigenvalue weighted by Crippen LogP contribution is -2.50. The van der Waals surface area contributed by atoms with Crippen molar-refractivity contribution in [3.8, 4) is 11.1 Å². The SMILES string of the molecule is Cc1cc(C)c2nccc(-c3cccc(C(=O)NC4CCCNC4=O)c3)c2c1. The molecule has 1 atom stereocenters. The van der Waals surface area contributed by atoms with Gasteiger partial charge in [0.2, 0.25) is 5.91 Å². The van der Waals surface area contributed by atoms with Crippen LogP contribution in [0.5, 0.6) is 0 Å². The average Bonchev–Trinajstić information content (AvgIpc) is 2.69. The van der Waals surface area contributed by atoms with Crippen molar-refractivity contribution in [2.45, 2.75) is 32.7 Å². The number of aryl methyl sites for hydroxylation is 2. The van der Waals surface area contributed by atoms with Gasteiger partial charge in [-0.2, -0.15) is 0 Å². The zero-order valence-corrected chi connectivity index (χ0v) is 16.1. The number of amides is 2. The van der Waals surface area contributed by atoms with Crippen LogP contribution in [0.4, 0.5) is 0 Å². The Morgan fingerprint density at radius 1 is 1.18 bits per heavy atom. The summed E-state index contributed by atoms with van der Waals surface area (Å²) in [5.74, 6) is -0.337. The average molecular weight is 373 g/mol. The molecule has 0 spiro atoms. The van der Waals surface area contributed by atoms with E-state index in [0.717, 1.165) is 34.0 Å². The van der Waals surface area contributed by atoms with Crippen LogP contribution in [0.2, 0.25) is 0 Å². The van der Waals surface area contributed by atoms with Gasteiger partial charge in [-0.3, -0.25) is 14.6 Å². The molecule has 2 aromatic carbocycles. The smallest absolute Gasteiger partial charge is 0.251 e. The monoisotopic (exact) mass is 373 g/mol. The van der Waals surface area contributed by atoms with E-state index in [1.54, 1.807) is 12.3 Å². The molecule has 1 saturated heterocycles. The van der Waals surface area contributed by atoms with E-state index in [4.69, 9.17) is 0 Å². The number of hydrogen-bond donors (Lipinski definition) is 2. The summed E-state index contributed by atoms with van der Waals surface area (Å²) >= 11 is 0. The highest BCUT2D eigenvalue weighted by molar-refractivity contribution is 6.01. The van der Waals surface area contributed by atoms with Gasteiger partial charge in [-0.05, 0) is 67.6 Å². The standard InChI is InChI=1S/C23H23N3O2/c1-14-11-15(2)21-19(12-14)18(8-10-24-21)16-5-3-6-17(13-16)22(27)26-20-7-4-9-25-23(20)28/h3,5-6,8,10-13,20H,4,7,9H2,1-2H3,(H,25,28)(H,26,27). The minimum Gasteiger partial charge on any atom is -0.354 e. The molecular formula is C23H23N3O2. The molecular weight excluding hydrogens is 350 g/mol. The molecule has 142 valence electrons. The second-order valence-electron chi connectivity index (χ2n) is 7.38. The first-order chi connectivity index (χ1) is 13.5. The highest BCUT2D eigenvalue weighted by atomic mass is 16.2. The van der Waals surface area contributed by atoms with Crippen LogP contribution >= 0.6 is 0 Å². The Labute approximate surface area is 164 Å². The van der Waals surface area contributed by atoms with Crippen LogP contribution < -0.4 is 10.6 Å². The Balaban J connectivity index is 1.69. The number of piperidine rings is 1. The first kappa shape index (κ1) is 18.2. The van der Waals surface area contributed by atoms with Crippen molar-refractivity contribution in [3.63, 3.8) is 0 Å². The van der Waals surface area contributed by atoms with E-state index in [-0.39, 0.29) is 11.8 Å². The van der Waals surface area contributed by atoms with Crippen LogP contribution in [0.15, 0.2) is 48.7 Å². The van der Waals surface area contributed by atoms with Gasteiger partial charge in [-0.25, -0.2) is 0 Å². The molecule has 1 aliphatic heterocycles. The minimum absolute atomic E-state index is 0.109. The molecule has 28 heavy (non-hydrogen) atoms. The van der Waals surface area contributed by atoms with Gasteiger partial charge in [0, 0.05) is 23.7 Å². The maximum atomic E-state index is 12.7. The van der Waals surface area contributed by atoms with E-state index in [1.807, 2.05) is 24.3 Å². The van der Waals surface area contributed by atoms with Crippen LogP contribution in [-0.2, 0) is 4.79 Å². The summed E-state index contributed by atoms with van der Waals surface area (Å²) < 4.78 is 0. The second kappa shape index (κ2) is 7.43. The number of benzene rings is 2. The van der Waals surface area contributed by atoms with Crippen LogP contribution in [0.25, 0.3) is 22.0 Å². The molecule has 2 amide bonds. The van der Waals surface area contributed by atoms with E-state index in [2.05, 4.69) is 41.6 Å². The maximum absolute atomic E-state index is 12.7. The third-order valence-corrected chi connectivity index (χ3v) is 5.21. The third kappa shape index (κ3) is 3.48. The molecule has 3 aromatic rings. The van der Waals surface area contributed by atoms with Crippen molar-refractivity contribution >= 4 is 22.7 Å². The highest BCUT2D eigenvalue weighted by Crippen LogP contribution is 2.30. The van der Waals surface area contributed by atoms with Gasteiger partial charge in [0.15, 0.2) is 0 Å². The van der Waals surface area contributed by atoms with Crippen LogP contribution in [0.3, 0.4) is 0 Å². The van der Waals surface area contributed by atoms with Crippen molar-refractivity contribution in [1.29, 1.82) is 0 Å². The van der Waals surface area contributed by atoms with E-state index in [0.29, 0.717) is 18.5 Å². The van der Waals surface area contributed by atoms with Crippen molar-refractivity contribution in [3.05, 3.63) is 65.4 Å². The Morgan fingerprint density at radius 2 is 2.04 bits per heavy atom. The number of pyridine rings is 1. The zero-order chi connectivity index (χ0) is 19.7. The van der Waals surface area contributed by atoms with Crippen molar-refractivity contribution in [2.24, 2.45) is 0 Å². The first-order valence-electron chi connectivity index (χ1n) is 9.58. The number of rotatable bonds is 3. The quantitative estimate of drug-likeness (QED) is 0.738. The van der Waals surface area contributed by atoms with E-state index in [1.165, 1.54) is 5.56 Å². The van der Waals surface area contributed by atoms with E-state index < -0.39 is 6.04 Å².